The van der Waals surface area contributed by atoms with E-state index >= 15 is 0 Å². The number of aliphatic hydroxyl groups is 1. The highest BCUT2D eigenvalue weighted by Crippen LogP contribution is 2.19. The first kappa shape index (κ1) is 15.2. The van der Waals surface area contributed by atoms with Gasteiger partial charge in [0.05, 0.1) is 12.2 Å². The van der Waals surface area contributed by atoms with E-state index in [1.165, 1.54) is 12.1 Å². The first-order valence-electron chi connectivity index (χ1n) is 6.05. The fourth-order valence-corrected chi connectivity index (χ4v) is 1.23. The van der Waals surface area contributed by atoms with Crippen LogP contribution in [-0.4, -0.2) is 17.6 Å². The second-order valence-electron chi connectivity index (χ2n) is 5.17. The summed E-state index contributed by atoms with van der Waals surface area (Å²) in [5.74, 6) is 4.61. The fourth-order valence-electron chi connectivity index (χ4n) is 1.23. The fraction of sp³-hybridized carbons (Fsp3) is 0.400. The normalized spacial score (nSPS) is 10.6. The summed E-state index contributed by atoms with van der Waals surface area (Å²) in [4.78, 5) is 11.8. The average Bonchev–Trinajstić information content (AvgIpc) is 2.31. The number of nitrogens with one attached hydrogen (secondary N) is 1. The van der Waals surface area contributed by atoms with Gasteiger partial charge in [0.1, 0.15) is 5.82 Å². The summed E-state index contributed by atoms with van der Waals surface area (Å²) in [5.41, 5.74) is 0.128. The van der Waals surface area contributed by atoms with Crippen molar-refractivity contribution in [2.75, 3.05) is 11.9 Å². The maximum atomic E-state index is 13.7. The molecule has 1 amide bonds. The molecule has 19 heavy (non-hydrogen) atoms. The molecule has 0 unspecified atom stereocenters. The smallest absolute Gasteiger partial charge is 0.229 e. The topological polar surface area (TPSA) is 49.3 Å². The Labute approximate surface area is 112 Å². The number of hydrogen-bond acceptors (Lipinski definition) is 2. The molecule has 0 aliphatic carbocycles. The molecule has 0 spiro atoms. The van der Waals surface area contributed by atoms with Crippen LogP contribution in [0.5, 0.6) is 0 Å². The minimum atomic E-state index is -0.532. The van der Waals surface area contributed by atoms with Crippen LogP contribution in [0.15, 0.2) is 18.2 Å². The Bertz CT molecular complexity index is 521. The zero-order valence-electron chi connectivity index (χ0n) is 11.4. The van der Waals surface area contributed by atoms with Crippen molar-refractivity contribution in [3.63, 3.8) is 0 Å². The van der Waals surface area contributed by atoms with E-state index < -0.39 is 11.2 Å². The van der Waals surface area contributed by atoms with Gasteiger partial charge in [-0.2, -0.15) is 0 Å². The number of amides is 1. The Morgan fingerprint density at radius 1 is 1.42 bits per heavy atom. The van der Waals surface area contributed by atoms with Crippen molar-refractivity contribution in [3.8, 4) is 11.8 Å². The molecule has 102 valence electrons. The minimum absolute atomic E-state index is 0.0473. The first-order chi connectivity index (χ1) is 8.84. The zero-order chi connectivity index (χ0) is 14.5. The van der Waals surface area contributed by atoms with Crippen molar-refractivity contribution in [3.05, 3.63) is 29.6 Å². The molecule has 0 atom stereocenters. The summed E-state index contributed by atoms with van der Waals surface area (Å²) in [5, 5.41) is 11.2. The summed E-state index contributed by atoms with van der Waals surface area (Å²) >= 11 is 0. The van der Waals surface area contributed by atoms with E-state index in [-0.39, 0.29) is 18.1 Å². The monoisotopic (exact) mass is 263 g/mol. The summed E-state index contributed by atoms with van der Waals surface area (Å²) in [7, 11) is 0. The van der Waals surface area contributed by atoms with Crippen molar-refractivity contribution >= 4 is 11.6 Å². The average molecular weight is 263 g/mol. The summed E-state index contributed by atoms with van der Waals surface area (Å²) in [6.45, 7) is 5.31. The van der Waals surface area contributed by atoms with Gasteiger partial charge in [0.25, 0.3) is 0 Å². The Kier molecular flexibility index (Phi) is 5.08. The lowest BCUT2D eigenvalue weighted by atomic mass is 9.95. The molecule has 0 aliphatic rings. The molecular formula is C15H18FNO2. The molecule has 0 aromatic heterocycles. The lowest BCUT2D eigenvalue weighted by molar-refractivity contribution is -0.123. The SMILES string of the molecule is CC(C)(C)C(=O)Nc1ccc(C#CCCO)c(F)c1. The Hall–Kier alpha value is -1.86. The lowest BCUT2D eigenvalue weighted by Crippen LogP contribution is -2.27. The Morgan fingerprint density at radius 3 is 2.63 bits per heavy atom. The van der Waals surface area contributed by atoms with Crippen LogP contribution in [0.1, 0.15) is 32.8 Å². The molecule has 1 aromatic carbocycles. The van der Waals surface area contributed by atoms with Crippen LogP contribution in [0.4, 0.5) is 10.1 Å². The van der Waals surface area contributed by atoms with Gasteiger partial charge in [-0.05, 0) is 18.2 Å². The molecular weight excluding hydrogens is 245 g/mol. The molecule has 2 N–H and O–H groups in total. The predicted octanol–water partition coefficient (Wildman–Crippen LogP) is 2.54. The van der Waals surface area contributed by atoms with Crippen LogP contribution < -0.4 is 5.32 Å². The van der Waals surface area contributed by atoms with Crippen molar-refractivity contribution in [2.24, 2.45) is 5.41 Å². The highest BCUT2D eigenvalue weighted by molar-refractivity contribution is 5.94. The molecule has 0 saturated heterocycles. The van der Waals surface area contributed by atoms with Crippen LogP contribution in [0.3, 0.4) is 0 Å². The number of aliphatic hydroxyl groups excluding tert-OH is 1. The van der Waals surface area contributed by atoms with Gasteiger partial charge in [-0.1, -0.05) is 32.6 Å². The predicted molar refractivity (Wildman–Crippen MR) is 73.1 cm³/mol. The van der Waals surface area contributed by atoms with Crippen molar-refractivity contribution < 1.29 is 14.3 Å². The number of anilines is 1. The Balaban J connectivity index is 2.84. The van der Waals surface area contributed by atoms with Gasteiger partial charge >= 0.3 is 0 Å². The number of carbonyl (C=O) groups excluding carboxylic acids is 1. The van der Waals surface area contributed by atoms with Gasteiger partial charge in [-0.15, -0.1) is 0 Å². The van der Waals surface area contributed by atoms with E-state index in [0.717, 1.165) is 0 Å². The van der Waals surface area contributed by atoms with E-state index in [9.17, 15) is 9.18 Å². The van der Waals surface area contributed by atoms with E-state index in [0.29, 0.717) is 12.1 Å². The molecule has 0 aliphatic heterocycles. The number of benzene rings is 1. The van der Waals surface area contributed by atoms with E-state index in [1.807, 2.05) is 0 Å². The van der Waals surface area contributed by atoms with Gasteiger partial charge in [-0.25, -0.2) is 4.39 Å². The standard InChI is InChI=1S/C15H18FNO2/c1-15(2,3)14(19)17-12-8-7-11(13(16)10-12)6-4-5-9-18/h7-8,10,18H,5,9H2,1-3H3,(H,17,19). The number of carbonyl (C=O) groups is 1. The molecule has 0 radical (unpaired) electrons. The molecule has 4 heteroatoms. The second-order valence-corrected chi connectivity index (χ2v) is 5.17. The van der Waals surface area contributed by atoms with Crippen molar-refractivity contribution in [1.29, 1.82) is 0 Å². The van der Waals surface area contributed by atoms with Gasteiger partial charge in [0, 0.05) is 17.5 Å². The third-order valence-corrected chi connectivity index (χ3v) is 2.37. The quantitative estimate of drug-likeness (QED) is 0.806. The third kappa shape index (κ3) is 4.72. The second kappa shape index (κ2) is 6.35. The van der Waals surface area contributed by atoms with Crippen LogP contribution in [0.25, 0.3) is 0 Å². The summed E-state index contributed by atoms with van der Waals surface area (Å²) < 4.78 is 13.7. The molecule has 0 bridgehead atoms. The maximum absolute atomic E-state index is 13.7. The van der Waals surface area contributed by atoms with E-state index in [2.05, 4.69) is 17.2 Å². The van der Waals surface area contributed by atoms with Crippen LogP contribution >= 0.6 is 0 Å². The van der Waals surface area contributed by atoms with Crippen LogP contribution in [0, 0.1) is 23.1 Å². The molecule has 0 heterocycles. The van der Waals surface area contributed by atoms with Crippen LogP contribution in [0.2, 0.25) is 0 Å². The molecule has 1 aromatic rings. The van der Waals surface area contributed by atoms with Gasteiger partial charge in [0.2, 0.25) is 5.91 Å². The van der Waals surface area contributed by atoms with Gasteiger partial charge < -0.3 is 10.4 Å². The molecule has 0 fully saturated rings. The number of halogens is 1. The summed E-state index contributed by atoms with van der Waals surface area (Å²) in [6.07, 6.45) is 0.307. The number of hydrogen-bond donors (Lipinski definition) is 2. The van der Waals surface area contributed by atoms with Crippen molar-refractivity contribution in [2.45, 2.75) is 27.2 Å². The van der Waals surface area contributed by atoms with Gasteiger partial charge in [-0.3, -0.25) is 4.79 Å². The summed E-state index contributed by atoms with van der Waals surface area (Å²) in [6, 6.07) is 4.36. The lowest BCUT2D eigenvalue weighted by Gasteiger charge is -2.17. The minimum Gasteiger partial charge on any atom is -0.395 e. The zero-order valence-corrected chi connectivity index (χ0v) is 11.4. The first-order valence-corrected chi connectivity index (χ1v) is 6.05. The molecule has 0 saturated carbocycles. The van der Waals surface area contributed by atoms with E-state index in [4.69, 9.17) is 5.11 Å². The molecule has 3 nitrogen and oxygen atoms in total. The van der Waals surface area contributed by atoms with Crippen LogP contribution in [-0.2, 0) is 4.79 Å². The third-order valence-electron chi connectivity index (χ3n) is 2.37. The highest BCUT2D eigenvalue weighted by atomic mass is 19.1. The largest absolute Gasteiger partial charge is 0.395 e. The van der Waals surface area contributed by atoms with E-state index in [1.54, 1.807) is 26.8 Å². The molecule has 1 rings (SSSR count). The Morgan fingerprint density at radius 2 is 2.11 bits per heavy atom. The number of rotatable bonds is 2. The van der Waals surface area contributed by atoms with Crippen molar-refractivity contribution in [1.82, 2.24) is 0 Å². The maximum Gasteiger partial charge on any atom is 0.229 e. The van der Waals surface area contributed by atoms with Gasteiger partial charge in [0.15, 0.2) is 0 Å². The highest BCUT2D eigenvalue weighted by Gasteiger charge is 2.21.